The van der Waals surface area contributed by atoms with Crippen LogP contribution in [0.4, 0.5) is 5.69 Å². The number of benzene rings is 2. The van der Waals surface area contributed by atoms with Crippen LogP contribution < -0.4 is 10.6 Å². The van der Waals surface area contributed by atoms with E-state index < -0.39 is 0 Å². The predicted octanol–water partition coefficient (Wildman–Crippen LogP) is 4.09. The highest BCUT2D eigenvalue weighted by atomic mass is 35.5. The Balaban J connectivity index is 2.04. The number of amides is 1. The number of anilines is 1. The normalized spacial score (nSPS) is 10.5. The van der Waals surface area contributed by atoms with E-state index in [1.54, 1.807) is 6.07 Å². The van der Waals surface area contributed by atoms with Crippen molar-refractivity contribution in [3.8, 4) is 0 Å². The van der Waals surface area contributed by atoms with Crippen LogP contribution >= 0.6 is 11.6 Å². The summed E-state index contributed by atoms with van der Waals surface area (Å²) in [6, 6.07) is 15.3. The monoisotopic (exact) mass is 302 g/mol. The van der Waals surface area contributed by atoms with Gasteiger partial charge >= 0.3 is 0 Å². The van der Waals surface area contributed by atoms with Gasteiger partial charge in [0.1, 0.15) is 0 Å². The first-order valence-corrected chi connectivity index (χ1v) is 7.32. The molecule has 0 aromatic heterocycles. The van der Waals surface area contributed by atoms with Gasteiger partial charge in [-0.25, -0.2) is 0 Å². The molecule has 0 aliphatic rings. The molecule has 0 atom stereocenters. The van der Waals surface area contributed by atoms with Crippen LogP contribution in [0.15, 0.2) is 48.5 Å². The van der Waals surface area contributed by atoms with Gasteiger partial charge < -0.3 is 10.6 Å². The van der Waals surface area contributed by atoms with Crippen LogP contribution in [0, 0.1) is 0 Å². The second kappa shape index (κ2) is 7.14. The van der Waals surface area contributed by atoms with Crippen molar-refractivity contribution in [2.24, 2.45) is 0 Å². The largest absolute Gasteiger partial charge is 0.381 e. The van der Waals surface area contributed by atoms with Crippen LogP contribution in [0.3, 0.4) is 0 Å². The fourth-order valence-corrected chi connectivity index (χ4v) is 2.16. The summed E-state index contributed by atoms with van der Waals surface area (Å²) in [7, 11) is 0. The van der Waals surface area contributed by atoms with Crippen LogP contribution in [0.25, 0.3) is 0 Å². The lowest BCUT2D eigenvalue weighted by atomic mass is 10.1. The van der Waals surface area contributed by atoms with Crippen LogP contribution in [0.2, 0.25) is 5.02 Å². The molecule has 0 radical (unpaired) electrons. The van der Waals surface area contributed by atoms with Crippen molar-refractivity contribution in [2.75, 3.05) is 5.32 Å². The van der Waals surface area contributed by atoms with Crippen molar-refractivity contribution in [3.05, 3.63) is 64.7 Å². The third-order valence-corrected chi connectivity index (χ3v) is 3.35. The van der Waals surface area contributed by atoms with Gasteiger partial charge in [-0.15, -0.1) is 0 Å². The minimum atomic E-state index is -0.0635. The Hall–Kier alpha value is -2.00. The third kappa shape index (κ3) is 4.50. The predicted molar refractivity (Wildman–Crippen MR) is 87.8 cm³/mol. The molecular formula is C17H19ClN2O. The minimum absolute atomic E-state index is 0.0635. The second-order valence-corrected chi connectivity index (χ2v) is 5.56. The van der Waals surface area contributed by atoms with Crippen molar-refractivity contribution >= 4 is 23.2 Å². The zero-order valence-electron chi connectivity index (χ0n) is 12.2. The number of nitrogens with one attached hydrogen (secondary N) is 2. The van der Waals surface area contributed by atoms with Gasteiger partial charge in [0.15, 0.2) is 0 Å². The van der Waals surface area contributed by atoms with Crippen LogP contribution in [0.1, 0.15) is 29.8 Å². The Morgan fingerprint density at radius 3 is 2.62 bits per heavy atom. The summed E-state index contributed by atoms with van der Waals surface area (Å²) in [5.74, 6) is -0.0635. The highest BCUT2D eigenvalue weighted by Crippen LogP contribution is 2.17. The summed E-state index contributed by atoms with van der Waals surface area (Å²) in [6.07, 6.45) is 0. The molecule has 4 heteroatoms. The summed E-state index contributed by atoms with van der Waals surface area (Å²) < 4.78 is 0. The van der Waals surface area contributed by atoms with Crippen LogP contribution in [-0.4, -0.2) is 11.9 Å². The van der Waals surface area contributed by atoms with E-state index in [0.717, 1.165) is 16.3 Å². The zero-order valence-corrected chi connectivity index (χ0v) is 12.9. The van der Waals surface area contributed by atoms with E-state index in [1.807, 2.05) is 56.3 Å². The number of carbonyl (C=O) groups is 1. The Labute approximate surface area is 130 Å². The molecule has 3 nitrogen and oxygen atoms in total. The van der Waals surface area contributed by atoms with Crippen molar-refractivity contribution < 1.29 is 4.79 Å². The molecule has 21 heavy (non-hydrogen) atoms. The molecule has 2 N–H and O–H groups in total. The molecule has 0 fully saturated rings. The van der Waals surface area contributed by atoms with Gasteiger partial charge in [0.25, 0.3) is 5.91 Å². The minimum Gasteiger partial charge on any atom is -0.381 e. The van der Waals surface area contributed by atoms with Gasteiger partial charge in [-0.2, -0.15) is 0 Å². The van der Waals surface area contributed by atoms with E-state index in [9.17, 15) is 4.79 Å². The second-order valence-electron chi connectivity index (χ2n) is 5.15. The van der Waals surface area contributed by atoms with Gasteiger partial charge in [0, 0.05) is 28.9 Å². The van der Waals surface area contributed by atoms with Crippen molar-refractivity contribution in [3.63, 3.8) is 0 Å². The molecule has 0 heterocycles. The molecular weight excluding hydrogens is 284 g/mol. The summed E-state index contributed by atoms with van der Waals surface area (Å²) in [6.45, 7) is 4.50. The van der Waals surface area contributed by atoms with Crippen LogP contribution in [-0.2, 0) is 6.54 Å². The van der Waals surface area contributed by atoms with Crippen molar-refractivity contribution in [1.29, 1.82) is 0 Å². The molecule has 1 amide bonds. The van der Waals surface area contributed by atoms with Gasteiger partial charge in [0.2, 0.25) is 0 Å². The van der Waals surface area contributed by atoms with Gasteiger partial charge in [0.05, 0.1) is 0 Å². The molecule has 110 valence electrons. The average Bonchev–Trinajstić information content (AvgIpc) is 2.46. The third-order valence-electron chi connectivity index (χ3n) is 2.99. The van der Waals surface area contributed by atoms with Gasteiger partial charge in [-0.05, 0) is 43.7 Å². The van der Waals surface area contributed by atoms with E-state index in [-0.39, 0.29) is 11.9 Å². The summed E-state index contributed by atoms with van der Waals surface area (Å²) in [5, 5.41) is 6.90. The molecule has 0 aliphatic heterocycles. The topological polar surface area (TPSA) is 41.1 Å². The number of halogens is 1. The average molecular weight is 303 g/mol. The van der Waals surface area contributed by atoms with Gasteiger partial charge in [-0.1, -0.05) is 35.9 Å². The maximum absolute atomic E-state index is 12.0. The first-order valence-electron chi connectivity index (χ1n) is 6.94. The Kier molecular flexibility index (Phi) is 5.23. The van der Waals surface area contributed by atoms with E-state index in [1.165, 1.54) is 0 Å². The molecule has 0 unspecified atom stereocenters. The quantitative estimate of drug-likeness (QED) is 0.873. The van der Waals surface area contributed by atoms with E-state index in [2.05, 4.69) is 10.6 Å². The lowest BCUT2D eigenvalue weighted by Crippen LogP contribution is -2.30. The SMILES string of the molecule is CC(C)NC(=O)c1cccc(NCc2ccccc2Cl)c1. The number of carbonyl (C=O) groups excluding carboxylic acids is 1. The van der Waals surface area contributed by atoms with Gasteiger partial charge in [-0.3, -0.25) is 4.79 Å². The first-order chi connectivity index (χ1) is 10.1. The lowest BCUT2D eigenvalue weighted by Gasteiger charge is -2.11. The first kappa shape index (κ1) is 15.4. The Morgan fingerprint density at radius 2 is 1.90 bits per heavy atom. The van der Waals surface area contributed by atoms with Crippen LogP contribution in [0.5, 0.6) is 0 Å². The fraction of sp³-hybridized carbons (Fsp3) is 0.235. The number of hydrogen-bond acceptors (Lipinski definition) is 2. The summed E-state index contributed by atoms with van der Waals surface area (Å²) in [5.41, 5.74) is 2.57. The van der Waals surface area contributed by atoms with Crippen molar-refractivity contribution in [1.82, 2.24) is 5.32 Å². The molecule has 0 spiro atoms. The van der Waals surface area contributed by atoms with Crippen molar-refractivity contribution in [2.45, 2.75) is 26.4 Å². The molecule has 0 bridgehead atoms. The number of rotatable bonds is 5. The highest BCUT2D eigenvalue weighted by Gasteiger charge is 2.07. The molecule has 2 aromatic carbocycles. The van der Waals surface area contributed by atoms with E-state index >= 15 is 0 Å². The highest BCUT2D eigenvalue weighted by molar-refractivity contribution is 6.31. The van der Waals surface area contributed by atoms with E-state index in [0.29, 0.717) is 12.1 Å². The Morgan fingerprint density at radius 1 is 1.14 bits per heavy atom. The maximum atomic E-state index is 12.0. The number of hydrogen-bond donors (Lipinski definition) is 2. The maximum Gasteiger partial charge on any atom is 0.251 e. The molecule has 2 aromatic rings. The molecule has 0 aliphatic carbocycles. The molecule has 0 saturated heterocycles. The standard InChI is InChI=1S/C17H19ClN2O/c1-12(2)20-17(21)13-7-5-8-15(10-13)19-11-14-6-3-4-9-16(14)18/h3-10,12,19H,11H2,1-2H3,(H,20,21). The van der Waals surface area contributed by atoms with E-state index in [4.69, 9.17) is 11.6 Å². The summed E-state index contributed by atoms with van der Waals surface area (Å²) >= 11 is 6.13. The molecule has 0 saturated carbocycles. The summed E-state index contributed by atoms with van der Waals surface area (Å²) in [4.78, 5) is 12.0. The Bertz CT molecular complexity index is 626. The molecule has 2 rings (SSSR count). The fourth-order valence-electron chi connectivity index (χ4n) is 1.95. The lowest BCUT2D eigenvalue weighted by molar-refractivity contribution is 0.0943. The zero-order chi connectivity index (χ0) is 15.2. The smallest absolute Gasteiger partial charge is 0.251 e.